The topological polar surface area (TPSA) is 74.4 Å². The third-order valence-corrected chi connectivity index (χ3v) is 6.66. The highest BCUT2D eigenvalue weighted by Crippen LogP contribution is 2.33. The highest BCUT2D eigenvalue weighted by Gasteiger charge is 2.34. The fourth-order valence-electron chi connectivity index (χ4n) is 4.72. The van der Waals surface area contributed by atoms with Gasteiger partial charge in [-0.1, -0.05) is 47.6 Å². The van der Waals surface area contributed by atoms with Crippen LogP contribution < -0.4 is 4.74 Å². The van der Waals surface area contributed by atoms with E-state index in [-0.39, 0.29) is 11.9 Å². The number of methoxy groups -OCH3 is 1. The second-order valence-corrected chi connectivity index (χ2v) is 9.13. The van der Waals surface area contributed by atoms with E-state index >= 15 is 0 Å². The minimum absolute atomic E-state index is 0.0253. The molecule has 3 aromatic rings. The Balaban J connectivity index is 1.26. The summed E-state index contributed by atoms with van der Waals surface area (Å²) in [6, 6.07) is 19.9. The quantitative estimate of drug-likeness (QED) is 0.523. The lowest BCUT2D eigenvalue weighted by atomic mass is 9.98. The van der Waals surface area contributed by atoms with E-state index in [0.29, 0.717) is 13.0 Å². The van der Waals surface area contributed by atoms with Gasteiger partial charge >= 0.3 is 0 Å². The molecule has 0 N–H and O–H groups in total. The molecular formula is C27H31N5O3. The first-order chi connectivity index (χ1) is 17.1. The Kier molecular flexibility index (Phi) is 6.92. The minimum atomic E-state index is -0.125. The molecule has 0 saturated carbocycles. The van der Waals surface area contributed by atoms with E-state index < -0.39 is 0 Å². The number of aryl methyl sites for hydroxylation is 1. The molecular weight excluding hydrogens is 442 g/mol. The molecule has 182 valence electrons. The molecule has 2 aliphatic rings. The number of hydrogen-bond donors (Lipinski definition) is 0. The summed E-state index contributed by atoms with van der Waals surface area (Å²) in [5, 5.41) is 10.6. The van der Waals surface area contributed by atoms with Crippen molar-refractivity contribution in [2.75, 3.05) is 39.8 Å². The van der Waals surface area contributed by atoms with Gasteiger partial charge in [-0.3, -0.25) is 14.6 Å². The van der Waals surface area contributed by atoms with Crippen LogP contribution in [-0.4, -0.2) is 71.4 Å². The van der Waals surface area contributed by atoms with Crippen molar-refractivity contribution in [3.63, 3.8) is 0 Å². The van der Waals surface area contributed by atoms with Crippen molar-refractivity contribution in [1.82, 2.24) is 20.0 Å². The van der Waals surface area contributed by atoms with Gasteiger partial charge in [-0.25, -0.2) is 5.01 Å². The smallest absolute Gasteiger partial charge is 0.257 e. The van der Waals surface area contributed by atoms with Crippen LogP contribution in [0.5, 0.6) is 5.75 Å². The predicted octanol–water partition coefficient (Wildman–Crippen LogP) is 3.49. The molecule has 1 saturated heterocycles. The summed E-state index contributed by atoms with van der Waals surface area (Å²) < 4.78 is 10.5. The van der Waals surface area contributed by atoms with Crippen LogP contribution in [0.3, 0.4) is 0 Å². The van der Waals surface area contributed by atoms with Gasteiger partial charge in [0, 0.05) is 45.2 Å². The third-order valence-electron chi connectivity index (χ3n) is 6.66. The van der Waals surface area contributed by atoms with E-state index in [2.05, 4.69) is 15.0 Å². The van der Waals surface area contributed by atoms with E-state index in [4.69, 9.17) is 14.4 Å². The van der Waals surface area contributed by atoms with Gasteiger partial charge in [-0.05, 0) is 30.2 Å². The zero-order valence-electron chi connectivity index (χ0n) is 20.3. The van der Waals surface area contributed by atoms with Gasteiger partial charge in [0.15, 0.2) is 0 Å². The number of benzene rings is 2. The molecule has 0 unspecified atom stereocenters. The van der Waals surface area contributed by atoms with Gasteiger partial charge in [-0.2, -0.15) is 5.10 Å². The first kappa shape index (κ1) is 23.3. The number of rotatable bonds is 7. The average molecular weight is 474 g/mol. The Morgan fingerprint density at radius 3 is 2.40 bits per heavy atom. The minimum Gasteiger partial charge on any atom is -0.497 e. The van der Waals surface area contributed by atoms with E-state index in [1.54, 1.807) is 12.1 Å². The molecule has 0 radical (unpaired) electrons. The zero-order chi connectivity index (χ0) is 24.2. The molecule has 1 aromatic heterocycles. The maximum absolute atomic E-state index is 13.5. The molecule has 2 aliphatic heterocycles. The van der Waals surface area contributed by atoms with Crippen molar-refractivity contribution in [3.8, 4) is 5.75 Å². The van der Waals surface area contributed by atoms with Crippen molar-refractivity contribution < 1.29 is 14.1 Å². The number of hydrazone groups is 1. The van der Waals surface area contributed by atoms with Crippen LogP contribution in [-0.2, 0) is 11.3 Å². The SMILES string of the molecule is COc1ccc([C@H]2CC(c3ccccc3)=NN2C(=O)CN2CCN(Cc3cc(C)on3)CC2)cc1. The van der Waals surface area contributed by atoms with Gasteiger partial charge in [-0.15, -0.1) is 0 Å². The van der Waals surface area contributed by atoms with Crippen LogP contribution >= 0.6 is 0 Å². The Hall–Kier alpha value is -3.49. The highest BCUT2D eigenvalue weighted by atomic mass is 16.5. The lowest BCUT2D eigenvalue weighted by Gasteiger charge is -2.34. The Morgan fingerprint density at radius 1 is 1.03 bits per heavy atom. The Bertz CT molecular complexity index is 1170. The van der Waals surface area contributed by atoms with E-state index in [1.165, 1.54) is 0 Å². The van der Waals surface area contributed by atoms with Gasteiger partial charge in [0.25, 0.3) is 5.91 Å². The molecule has 1 atom stereocenters. The van der Waals surface area contributed by atoms with Crippen molar-refractivity contribution >= 4 is 11.6 Å². The maximum atomic E-state index is 13.5. The Labute approximate surface area is 205 Å². The zero-order valence-corrected chi connectivity index (χ0v) is 20.3. The Morgan fingerprint density at radius 2 is 1.74 bits per heavy atom. The molecule has 1 amide bonds. The molecule has 0 bridgehead atoms. The lowest BCUT2D eigenvalue weighted by molar-refractivity contribution is -0.134. The van der Waals surface area contributed by atoms with Crippen LogP contribution in [0.4, 0.5) is 0 Å². The third kappa shape index (κ3) is 5.44. The van der Waals surface area contributed by atoms with Gasteiger partial charge in [0.2, 0.25) is 0 Å². The van der Waals surface area contributed by atoms with Crippen LogP contribution in [0.1, 0.15) is 35.0 Å². The van der Waals surface area contributed by atoms with Crippen LogP contribution in [0.2, 0.25) is 0 Å². The molecule has 5 rings (SSSR count). The van der Waals surface area contributed by atoms with E-state index in [0.717, 1.165) is 66.8 Å². The standard InChI is InChI=1S/C27H31N5O3/c1-20-16-23(29-35-20)18-30-12-14-31(15-13-30)19-27(33)32-26(22-8-10-24(34-2)11-9-22)17-25(28-32)21-6-4-3-5-7-21/h3-11,16,26H,12-15,17-19H2,1-2H3/t26-/m1/s1. The number of carbonyl (C=O) groups is 1. The number of aromatic nitrogens is 1. The van der Waals surface area contributed by atoms with Gasteiger partial charge in [0.1, 0.15) is 11.5 Å². The summed E-state index contributed by atoms with van der Waals surface area (Å²) in [5.41, 5.74) is 4.00. The number of piperazine rings is 1. The lowest BCUT2D eigenvalue weighted by Crippen LogP contribution is -2.49. The van der Waals surface area contributed by atoms with Crippen molar-refractivity contribution in [2.45, 2.75) is 25.9 Å². The summed E-state index contributed by atoms with van der Waals surface area (Å²) in [7, 11) is 1.66. The van der Waals surface area contributed by atoms with Crippen LogP contribution in [0, 0.1) is 6.92 Å². The number of amides is 1. The fraction of sp³-hybridized carbons (Fsp3) is 0.370. The largest absolute Gasteiger partial charge is 0.497 e. The van der Waals surface area contributed by atoms with Crippen LogP contribution in [0.25, 0.3) is 0 Å². The van der Waals surface area contributed by atoms with Gasteiger partial charge < -0.3 is 9.26 Å². The molecule has 0 spiro atoms. The highest BCUT2D eigenvalue weighted by molar-refractivity contribution is 6.03. The molecule has 2 aromatic carbocycles. The normalized spacial score (nSPS) is 19.1. The molecule has 1 fully saturated rings. The second-order valence-electron chi connectivity index (χ2n) is 9.13. The maximum Gasteiger partial charge on any atom is 0.257 e. The molecule has 3 heterocycles. The van der Waals surface area contributed by atoms with Crippen molar-refractivity contribution in [3.05, 3.63) is 83.2 Å². The summed E-state index contributed by atoms with van der Waals surface area (Å²) in [4.78, 5) is 18.1. The van der Waals surface area contributed by atoms with E-state index in [9.17, 15) is 4.79 Å². The van der Waals surface area contributed by atoms with Crippen molar-refractivity contribution in [2.24, 2.45) is 5.10 Å². The van der Waals surface area contributed by atoms with Crippen LogP contribution in [0.15, 0.2) is 70.3 Å². The number of carbonyl (C=O) groups excluding carboxylic acids is 1. The van der Waals surface area contributed by atoms with Crippen molar-refractivity contribution in [1.29, 1.82) is 0 Å². The summed E-state index contributed by atoms with van der Waals surface area (Å²) >= 11 is 0. The van der Waals surface area contributed by atoms with E-state index in [1.807, 2.05) is 67.6 Å². The fourth-order valence-corrected chi connectivity index (χ4v) is 4.72. The molecule has 0 aliphatic carbocycles. The molecule has 8 heteroatoms. The number of hydrogen-bond acceptors (Lipinski definition) is 7. The number of ether oxygens (including phenoxy) is 1. The molecule has 35 heavy (non-hydrogen) atoms. The summed E-state index contributed by atoms with van der Waals surface area (Å²) in [5.74, 6) is 1.65. The first-order valence-electron chi connectivity index (χ1n) is 12.0. The number of nitrogens with zero attached hydrogens (tertiary/aromatic N) is 5. The molecule has 8 nitrogen and oxygen atoms in total. The summed E-state index contributed by atoms with van der Waals surface area (Å²) in [6.07, 6.45) is 0.687. The van der Waals surface area contributed by atoms with Gasteiger partial charge in [0.05, 0.1) is 31.1 Å². The monoisotopic (exact) mass is 473 g/mol. The predicted molar refractivity (Wildman–Crippen MR) is 133 cm³/mol. The first-order valence-corrected chi connectivity index (χ1v) is 12.0. The second kappa shape index (κ2) is 10.4. The summed E-state index contributed by atoms with van der Waals surface area (Å²) in [6.45, 7) is 6.48. The average Bonchev–Trinajstić information content (AvgIpc) is 3.52.